The van der Waals surface area contributed by atoms with Gasteiger partial charge < -0.3 is 10.1 Å². The first-order chi connectivity index (χ1) is 12.0. The molecule has 2 aromatic carbocycles. The van der Waals surface area contributed by atoms with Crippen LogP contribution in [0.2, 0.25) is 0 Å². The van der Waals surface area contributed by atoms with Crippen LogP contribution in [0.5, 0.6) is 5.75 Å². The average Bonchev–Trinajstić information content (AvgIpc) is 3.41. The van der Waals surface area contributed by atoms with Gasteiger partial charge in [-0.2, -0.15) is 0 Å². The predicted octanol–water partition coefficient (Wildman–Crippen LogP) is 5.11. The summed E-state index contributed by atoms with van der Waals surface area (Å²) >= 11 is 0. The summed E-state index contributed by atoms with van der Waals surface area (Å²) in [6, 6.07) is 17.5. The van der Waals surface area contributed by atoms with E-state index in [-0.39, 0.29) is 5.41 Å². The van der Waals surface area contributed by atoms with Gasteiger partial charge in [-0.1, -0.05) is 57.2 Å². The quantitative estimate of drug-likeness (QED) is 0.676. The summed E-state index contributed by atoms with van der Waals surface area (Å²) < 4.78 is 5.86. The van der Waals surface area contributed by atoms with E-state index in [1.807, 2.05) is 0 Å². The number of hydrogen-bond donors (Lipinski definition) is 1. The Kier molecular flexibility index (Phi) is 5.80. The van der Waals surface area contributed by atoms with Crippen LogP contribution in [0.3, 0.4) is 0 Å². The molecule has 1 aliphatic rings. The molecular weight excluding hydrogens is 306 g/mol. The zero-order chi connectivity index (χ0) is 17.7. The van der Waals surface area contributed by atoms with Crippen molar-refractivity contribution in [2.24, 2.45) is 5.92 Å². The van der Waals surface area contributed by atoms with Crippen molar-refractivity contribution in [2.45, 2.75) is 52.0 Å². The summed E-state index contributed by atoms with van der Waals surface area (Å²) in [5.74, 6) is 1.82. The van der Waals surface area contributed by atoms with Crippen molar-refractivity contribution in [1.82, 2.24) is 5.32 Å². The molecule has 1 N–H and O–H groups in total. The van der Waals surface area contributed by atoms with Crippen LogP contribution in [0.25, 0.3) is 0 Å². The van der Waals surface area contributed by atoms with Crippen LogP contribution in [0, 0.1) is 5.92 Å². The van der Waals surface area contributed by atoms with Gasteiger partial charge in [-0.3, -0.25) is 0 Å². The first-order valence-electron chi connectivity index (χ1n) is 9.52. The van der Waals surface area contributed by atoms with Crippen molar-refractivity contribution in [3.63, 3.8) is 0 Å². The maximum absolute atomic E-state index is 5.86. The van der Waals surface area contributed by atoms with Gasteiger partial charge in [0.1, 0.15) is 5.75 Å². The Bertz CT molecular complexity index is 665. The molecule has 0 radical (unpaired) electrons. The number of hydrogen-bond acceptors (Lipinski definition) is 2. The molecule has 2 heteroatoms. The predicted molar refractivity (Wildman–Crippen MR) is 105 cm³/mol. The smallest absolute Gasteiger partial charge is 0.119 e. The van der Waals surface area contributed by atoms with Crippen LogP contribution in [-0.2, 0) is 18.4 Å². The van der Waals surface area contributed by atoms with Crippen molar-refractivity contribution in [1.29, 1.82) is 0 Å². The number of ether oxygens (including phenoxy) is 1. The Morgan fingerprint density at radius 3 is 2.44 bits per heavy atom. The Hall–Kier alpha value is -1.80. The van der Waals surface area contributed by atoms with E-state index in [9.17, 15) is 0 Å². The highest BCUT2D eigenvalue weighted by Crippen LogP contribution is 2.29. The second-order valence-corrected chi connectivity index (χ2v) is 8.28. The molecule has 0 atom stereocenters. The highest BCUT2D eigenvalue weighted by molar-refractivity contribution is 5.29. The summed E-state index contributed by atoms with van der Waals surface area (Å²) in [6.07, 6.45) is 3.70. The van der Waals surface area contributed by atoms with Gasteiger partial charge >= 0.3 is 0 Å². The van der Waals surface area contributed by atoms with E-state index in [0.717, 1.165) is 37.8 Å². The molecule has 1 aliphatic carbocycles. The largest absolute Gasteiger partial charge is 0.493 e. The summed E-state index contributed by atoms with van der Waals surface area (Å²) in [5, 5.41) is 3.55. The first-order valence-corrected chi connectivity index (χ1v) is 9.52. The Labute approximate surface area is 152 Å². The SMILES string of the molecule is CC(C)(C)c1ccc(CNCCc2cccc(OCC3CC3)c2)cc1. The van der Waals surface area contributed by atoms with Gasteiger partial charge in [0.05, 0.1) is 6.61 Å². The molecule has 0 aliphatic heterocycles. The van der Waals surface area contributed by atoms with Gasteiger partial charge in [-0.25, -0.2) is 0 Å². The lowest BCUT2D eigenvalue weighted by Crippen LogP contribution is -2.17. The van der Waals surface area contributed by atoms with Crippen molar-refractivity contribution in [2.75, 3.05) is 13.2 Å². The summed E-state index contributed by atoms with van der Waals surface area (Å²) in [5.41, 5.74) is 4.29. The zero-order valence-electron chi connectivity index (χ0n) is 15.8. The summed E-state index contributed by atoms with van der Waals surface area (Å²) in [6.45, 7) is 9.54. The molecule has 0 aromatic heterocycles. The molecule has 1 saturated carbocycles. The van der Waals surface area contributed by atoms with Gasteiger partial charge in [0, 0.05) is 6.54 Å². The third-order valence-corrected chi connectivity index (χ3v) is 4.82. The van der Waals surface area contributed by atoms with Gasteiger partial charge in [-0.15, -0.1) is 0 Å². The topological polar surface area (TPSA) is 21.3 Å². The van der Waals surface area contributed by atoms with E-state index < -0.39 is 0 Å². The lowest BCUT2D eigenvalue weighted by molar-refractivity contribution is 0.299. The van der Waals surface area contributed by atoms with E-state index in [1.165, 1.54) is 29.5 Å². The molecule has 25 heavy (non-hydrogen) atoms. The second-order valence-electron chi connectivity index (χ2n) is 8.28. The minimum atomic E-state index is 0.221. The van der Waals surface area contributed by atoms with Crippen molar-refractivity contribution in [3.8, 4) is 5.75 Å². The van der Waals surface area contributed by atoms with Crippen LogP contribution in [-0.4, -0.2) is 13.2 Å². The maximum Gasteiger partial charge on any atom is 0.119 e. The first kappa shape index (κ1) is 18.0. The van der Waals surface area contributed by atoms with Crippen LogP contribution < -0.4 is 10.1 Å². The molecule has 2 nitrogen and oxygen atoms in total. The Balaban J connectivity index is 1.41. The molecule has 0 heterocycles. The molecule has 0 spiro atoms. The molecule has 0 amide bonds. The van der Waals surface area contributed by atoms with Crippen molar-refractivity contribution < 1.29 is 4.74 Å². The van der Waals surface area contributed by atoms with Crippen LogP contribution >= 0.6 is 0 Å². The molecule has 0 unspecified atom stereocenters. The molecule has 134 valence electrons. The fourth-order valence-electron chi connectivity index (χ4n) is 2.88. The molecule has 0 saturated heterocycles. The van der Waals surface area contributed by atoms with E-state index in [4.69, 9.17) is 4.74 Å². The molecular formula is C23H31NO. The van der Waals surface area contributed by atoms with E-state index >= 15 is 0 Å². The Morgan fingerprint density at radius 2 is 1.76 bits per heavy atom. The fraction of sp³-hybridized carbons (Fsp3) is 0.478. The summed E-state index contributed by atoms with van der Waals surface area (Å²) in [7, 11) is 0. The van der Waals surface area contributed by atoms with Crippen molar-refractivity contribution >= 4 is 0 Å². The molecule has 3 rings (SSSR count). The molecule has 1 fully saturated rings. The lowest BCUT2D eigenvalue weighted by Gasteiger charge is -2.19. The third-order valence-electron chi connectivity index (χ3n) is 4.82. The van der Waals surface area contributed by atoms with Gasteiger partial charge in [-0.05, 0) is 66.0 Å². The van der Waals surface area contributed by atoms with Crippen molar-refractivity contribution in [3.05, 3.63) is 65.2 Å². The zero-order valence-corrected chi connectivity index (χ0v) is 15.8. The van der Waals surface area contributed by atoms with Gasteiger partial charge in [0.25, 0.3) is 0 Å². The minimum absolute atomic E-state index is 0.221. The van der Waals surface area contributed by atoms with Crippen LogP contribution in [0.4, 0.5) is 0 Å². The van der Waals surface area contributed by atoms with Crippen LogP contribution in [0.15, 0.2) is 48.5 Å². The highest BCUT2D eigenvalue weighted by Gasteiger charge is 2.21. The summed E-state index contributed by atoms with van der Waals surface area (Å²) in [4.78, 5) is 0. The van der Waals surface area contributed by atoms with E-state index in [1.54, 1.807) is 0 Å². The standard InChI is InChI=1S/C23H31NO/c1-23(2,3)21-11-9-19(10-12-21)16-24-14-13-18-5-4-6-22(15-18)25-17-20-7-8-20/h4-6,9-12,15,20,24H,7-8,13-14,16-17H2,1-3H3. The molecule has 2 aromatic rings. The number of rotatable bonds is 8. The Morgan fingerprint density at radius 1 is 1.00 bits per heavy atom. The minimum Gasteiger partial charge on any atom is -0.493 e. The number of nitrogens with one attached hydrogen (secondary N) is 1. The van der Waals surface area contributed by atoms with Gasteiger partial charge in [0.15, 0.2) is 0 Å². The highest BCUT2D eigenvalue weighted by atomic mass is 16.5. The monoisotopic (exact) mass is 337 g/mol. The molecule has 0 bridgehead atoms. The van der Waals surface area contributed by atoms with Crippen LogP contribution in [0.1, 0.15) is 50.3 Å². The number of benzene rings is 2. The van der Waals surface area contributed by atoms with E-state index in [0.29, 0.717) is 0 Å². The average molecular weight is 338 g/mol. The second kappa shape index (κ2) is 8.05. The lowest BCUT2D eigenvalue weighted by atomic mass is 9.87. The van der Waals surface area contributed by atoms with Gasteiger partial charge in [0.2, 0.25) is 0 Å². The maximum atomic E-state index is 5.86. The fourth-order valence-corrected chi connectivity index (χ4v) is 2.88. The van der Waals surface area contributed by atoms with E-state index in [2.05, 4.69) is 74.6 Å². The normalized spacial score (nSPS) is 14.5. The third kappa shape index (κ3) is 5.89.